The fourth-order valence-corrected chi connectivity index (χ4v) is 4.26. The molecule has 0 saturated carbocycles. The topological polar surface area (TPSA) is 99.5 Å². The van der Waals surface area contributed by atoms with Crippen LogP contribution in [0, 0.1) is 25.5 Å². The smallest absolute Gasteiger partial charge is 0.275 e. The Hall–Kier alpha value is -3.56. The molecule has 0 aliphatic heterocycles. The lowest BCUT2D eigenvalue weighted by Crippen LogP contribution is -2.42. The first kappa shape index (κ1) is 24.6. The van der Waals surface area contributed by atoms with Crippen molar-refractivity contribution in [3.8, 4) is 11.4 Å². The number of fused-ring (bicyclic) bond motifs is 1. The van der Waals surface area contributed by atoms with Crippen LogP contribution in [0.1, 0.15) is 47.1 Å². The van der Waals surface area contributed by atoms with Gasteiger partial charge in [0.2, 0.25) is 0 Å². The van der Waals surface area contributed by atoms with Gasteiger partial charge in [-0.3, -0.25) is 9.59 Å². The van der Waals surface area contributed by atoms with Crippen LogP contribution in [-0.4, -0.2) is 31.2 Å². The molecular weight excluding hydrogens is 478 g/mol. The second-order valence-electron chi connectivity index (χ2n) is 8.89. The maximum atomic E-state index is 14.0. The van der Waals surface area contributed by atoms with Crippen LogP contribution in [0.2, 0.25) is 5.02 Å². The van der Waals surface area contributed by atoms with E-state index in [9.17, 15) is 23.5 Å². The van der Waals surface area contributed by atoms with Gasteiger partial charge < -0.3 is 15.4 Å². The molecular formula is C25H23ClF2N4O3. The van der Waals surface area contributed by atoms with Gasteiger partial charge in [-0.15, -0.1) is 5.10 Å². The lowest BCUT2D eigenvalue weighted by molar-refractivity contribution is 0.0343. The predicted octanol–water partition coefficient (Wildman–Crippen LogP) is 4.48. The van der Waals surface area contributed by atoms with Gasteiger partial charge in [-0.2, -0.15) is 0 Å². The minimum atomic E-state index is -1.38. The van der Waals surface area contributed by atoms with Crippen LogP contribution < -0.4 is 10.9 Å². The number of aromatic nitrogens is 3. The maximum Gasteiger partial charge on any atom is 0.275 e. The average Bonchev–Trinajstić information content (AvgIpc) is 3.04. The predicted molar refractivity (Wildman–Crippen MR) is 129 cm³/mol. The number of carbonyl (C=O) groups excluding carboxylic acids is 1. The van der Waals surface area contributed by atoms with Crippen molar-refractivity contribution < 1.29 is 18.7 Å². The Kier molecular flexibility index (Phi) is 6.25. The zero-order chi connectivity index (χ0) is 25.7. The number of nitrogens with one attached hydrogen (secondary N) is 2. The molecule has 0 aliphatic carbocycles. The van der Waals surface area contributed by atoms with Crippen LogP contribution in [0.5, 0.6) is 0 Å². The Morgan fingerprint density at radius 3 is 2.43 bits per heavy atom. The number of hydrogen-bond donors (Lipinski definition) is 3. The van der Waals surface area contributed by atoms with E-state index < -0.39 is 34.7 Å². The fraction of sp³-hybridized carbons (Fsp3) is 0.240. The first-order valence-electron chi connectivity index (χ1n) is 10.7. The van der Waals surface area contributed by atoms with E-state index in [0.717, 1.165) is 6.07 Å². The van der Waals surface area contributed by atoms with Crippen LogP contribution in [-0.2, 0) is 0 Å². The summed E-state index contributed by atoms with van der Waals surface area (Å²) in [6.45, 7) is 6.31. The van der Waals surface area contributed by atoms with Crippen molar-refractivity contribution in [3.05, 3.63) is 91.9 Å². The van der Waals surface area contributed by atoms with Gasteiger partial charge in [0, 0.05) is 5.56 Å². The highest BCUT2D eigenvalue weighted by Crippen LogP contribution is 2.28. The van der Waals surface area contributed by atoms with E-state index in [1.54, 1.807) is 13.8 Å². The highest BCUT2D eigenvalue weighted by Gasteiger charge is 2.32. The quantitative estimate of drug-likeness (QED) is 0.376. The molecule has 0 spiro atoms. The molecule has 182 valence electrons. The van der Waals surface area contributed by atoms with E-state index in [4.69, 9.17) is 11.6 Å². The summed E-state index contributed by atoms with van der Waals surface area (Å²) in [6, 6.07) is 8.62. The number of aliphatic hydroxyl groups is 1. The molecule has 0 radical (unpaired) electrons. The van der Waals surface area contributed by atoms with Crippen LogP contribution in [0.15, 0.2) is 47.3 Å². The van der Waals surface area contributed by atoms with E-state index in [0.29, 0.717) is 22.4 Å². The number of halogens is 3. The van der Waals surface area contributed by atoms with E-state index in [2.05, 4.69) is 15.4 Å². The third-order valence-electron chi connectivity index (χ3n) is 5.87. The first-order valence-corrected chi connectivity index (χ1v) is 11.1. The minimum absolute atomic E-state index is 0.0633. The lowest BCUT2D eigenvalue weighted by atomic mass is 9.91. The normalized spacial score (nSPS) is 12.7. The van der Waals surface area contributed by atoms with Crippen molar-refractivity contribution in [2.75, 3.05) is 0 Å². The maximum absolute atomic E-state index is 14.0. The summed E-state index contributed by atoms with van der Waals surface area (Å²) in [5, 5.41) is 17.9. The summed E-state index contributed by atoms with van der Waals surface area (Å²) >= 11 is 5.75. The van der Waals surface area contributed by atoms with Gasteiger partial charge >= 0.3 is 0 Å². The minimum Gasteiger partial charge on any atom is -0.388 e. The molecule has 1 atom stereocenters. The Morgan fingerprint density at radius 1 is 1.17 bits per heavy atom. The molecule has 3 N–H and O–H groups in total. The molecule has 0 bridgehead atoms. The molecule has 2 heterocycles. The van der Waals surface area contributed by atoms with Crippen LogP contribution in [0.25, 0.3) is 16.9 Å². The number of aryl methyl sites for hydroxylation is 2. The standard InChI is InChI=1S/C25H23ClF2N4O3/c1-12-19(23(33)29-21(25(3,4)35)14-5-8-16(27)9-6-14)13(2)32-20(12)24(34)30-22(31-32)15-7-10-17(26)18(28)11-15/h5-11,21,35H,1-4H3,(H,29,33)(H,30,31,34). The third-order valence-corrected chi connectivity index (χ3v) is 6.18. The molecule has 7 nitrogen and oxygen atoms in total. The van der Waals surface area contributed by atoms with E-state index in [-0.39, 0.29) is 21.9 Å². The zero-order valence-corrected chi connectivity index (χ0v) is 20.2. The van der Waals surface area contributed by atoms with Crippen molar-refractivity contribution in [2.24, 2.45) is 0 Å². The molecule has 4 aromatic rings. The monoisotopic (exact) mass is 500 g/mol. The van der Waals surface area contributed by atoms with Gasteiger partial charge in [-0.25, -0.2) is 13.3 Å². The summed E-state index contributed by atoms with van der Waals surface area (Å²) in [6.07, 6.45) is 0. The molecule has 0 saturated heterocycles. The molecule has 1 amide bonds. The Bertz CT molecular complexity index is 1500. The molecule has 4 rings (SSSR count). The van der Waals surface area contributed by atoms with Gasteiger partial charge in [0.05, 0.1) is 27.9 Å². The second kappa shape index (κ2) is 8.90. The van der Waals surface area contributed by atoms with Crippen LogP contribution >= 0.6 is 11.6 Å². The summed E-state index contributed by atoms with van der Waals surface area (Å²) in [5.74, 6) is -1.54. The van der Waals surface area contributed by atoms with Crippen molar-refractivity contribution in [1.29, 1.82) is 0 Å². The molecule has 0 fully saturated rings. The average molecular weight is 501 g/mol. The number of H-pyrrole nitrogens is 1. The molecule has 2 aromatic carbocycles. The highest BCUT2D eigenvalue weighted by atomic mass is 35.5. The lowest BCUT2D eigenvalue weighted by Gasteiger charge is -2.30. The van der Waals surface area contributed by atoms with Gasteiger partial charge in [0.1, 0.15) is 17.2 Å². The molecule has 10 heteroatoms. The van der Waals surface area contributed by atoms with Gasteiger partial charge in [0.15, 0.2) is 5.82 Å². The Morgan fingerprint density at radius 2 is 1.83 bits per heavy atom. The number of rotatable bonds is 5. The number of amides is 1. The number of nitrogens with zero attached hydrogens (tertiary/aromatic N) is 2. The SMILES string of the molecule is Cc1c(C(=O)NC(c2ccc(F)cc2)C(C)(C)O)c(C)n2nc(-c3ccc(Cl)c(F)c3)[nH]c(=O)c12. The van der Waals surface area contributed by atoms with Gasteiger partial charge in [0.25, 0.3) is 11.5 Å². The first-order chi connectivity index (χ1) is 16.4. The molecule has 2 aromatic heterocycles. The summed E-state index contributed by atoms with van der Waals surface area (Å²) < 4.78 is 28.7. The number of carbonyl (C=O) groups is 1. The molecule has 1 unspecified atom stereocenters. The van der Waals surface area contributed by atoms with Crippen LogP contribution in [0.3, 0.4) is 0 Å². The molecule has 35 heavy (non-hydrogen) atoms. The van der Waals surface area contributed by atoms with Crippen LogP contribution in [0.4, 0.5) is 8.78 Å². The highest BCUT2D eigenvalue weighted by molar-refractivity contribution is 6.30. The second-order valence-corrected chi connectivity index (χ2v) is 9.30. The number of benzene rings is 2. The Labute approximate surface area is 204 Å². The number of aromatic amines is 1. The van der Waals surface area contributed by atoms with Crippen molar-refractivity contribution >= 4 is 23.0 Å². The van der Waals surface area contributed by atoms with E-state index >= 15 is 0 Å². The largest absolute Gasteiger partial charge is 0.388 e. The number of hydrogen-bond acceptors (Lipinski definition) is 4. The van der Waals surface area contributed by atoms with Gasteiger partial charge in [-0.05, 0) is 69.2 Å². The van der Waals surface area contributed by atoms with Crippen molar-refractivity contribution in [1.82, 2.24) is 19.9 Å². The molecule has 0 aliphatic rings. The van der Waals surface area contributed by atoms with Crippen molar-refractivity contribution in [2.45, 2.75) is 39.3 Å². The summed E-state index contributed by atoms with van der Waals surface area (Å²) in [4.78, 5) is 28.9. The van der Waals surface area contributed by atoms with Gasteiger partial charge in [-0.1, -0.05) is 23.7 Å². The summed E-state index contributed by atoms with van der Waals surface area (Å²) in [5.41, 5.74) is 0.0569. The fourth-order valence-electron chi connectivity index (χ4n) is 4.14. The van der Waals surface area contributed by atoms with Crippen molar-refractivity contribution in [3.63, 3.8) is 0 Å². The zero-order valence-electron chi connectivity index (χ0n) is 19.4. The Balaban J connectivity index is 1.79. The van der Waals surface area contributed by atoms with E-state index in [1.807, 2.05) is 0 Å². The third kappa shape index (κ3) is 4.56. The summed E-state index contributed by atoms with van der Waals surface area (Å²) in [7, 11) is 0. The van der Waals surface area contributed by atoms with E-state index in [1.165, 1.54) is 54.8 Å².